The first-order chi connectivity index (χ1) is 9.52. The predicted octanol–water partition coefficient (Wildman–Crippen LogP) is 2.05. The summed E-state index contributed by atoms with van der Waals surface area (Å²) in [5, 5.41) is 0.922. The molecular weight excluding hydrogens is 278 g/mol. The maximum atomic E-state index is 12.0. The smallest absolute Gasteiger partial charge is 0.336 e. The van der Waals surface area contributed by atoms with Crippen molar-refractivity contribution in [2.75, 3.05) is 18.9 Å². The minimum atomic E-state index is -0.331. The van der Waals surface area contributed by atoms with Crippen LogP contribution in [-0.4, -0.2) is 41.8 Å². The van der Waals surface area contributed by atoms with Crippen LogP contribution >= 0.6 is 11.8 Å². The van der Waals surface area contributed by atoms with Gasteiger partial charge in [-0.2, -0.15) is 0 Å². The van der Waals surface area contributed by atoms with Crippen LogP contribution in [0.1, 0.15) is 27.2 Å². The monoisotopic (exact) mass is 297 g/mol. The van der Waals surface area contributed by atoms with Gasteiger partial charge in [0.15, 0.2) is 0 Å². The van der Waals surface area contributed by atoms with Gasteiger partial charge in [-0.15, -0.1) is 11.8 Å². The Labute approximate surface area is 123 Å². The first kappa shape index (κ1) is 15.0. The molecule has 1 saturated heterocycles. The number of rotatable bonds is 4. The number of thioether (sulfide) groups is 1. The van der Waals surface area contributed by atoms with Crippen LogP contribution in [0.15, 0.2) is 22.4 Å². The lowest BCUT2D eigenvalue weighted by atomic mass is 10.2. The highest BCUT2D eigenvalue weighted by Gasteiger charge is 2.35. The third-order valence-corrected chi connectivity index (χ3v) is 4.13. The number of hydrogen-bond acceptors (Lipinski definition) is 6. The van der Waals surface area contributed by atoms with Crippen molar-refractivity contribution < 1.29 is 19.1 Å². The fourth-order valence-electron chi connectivity index (χ4n) is 2.17. The fraction of sp³-hybridized carbons (Fsp3) is 0.571. The first-order valence-corrected chi connectivity index (χ1v) is 7.73. The van der Waals surface area contributed by atoms with E-state index in [2.05, 4.69) is 0 Å². The van der Waals surface area contributed by atoms with E-state index in [1.807, 2.05) is 18.7 Å². The maximum Gasteiger partial charge on any atom is 0.336 e. The molecule has 0 aliphatic carbocycles. The Kier molecular flexibility index (Phi) is 4.75. The van der Waals surface area contributed by atoms with Crippen LogP contribution in [0.5, 0.6) is 0 Å². The molecule has 6 heteroatoms. The van der Waals surface area contributed by atoms with E-state index in [-0.39, 0.29) is 18.0 Å². The van der Waals surface area contributed by atoms with Crippen molar-refractivity contribution >= 4 is 23.7 Å². The highest BCUT2D eigenvalue weighted by Crippen LogP contribution is 2.42. The molecule has 0 N–H and O–H groups in total. The maximum absolute atomic E-state index is 12.0. The molecule has 0 aromatic heterocycles. The van der Waals surface area contributed by atoms with Gasteiger partial charge in [-0.3, -0.25) is 0 Å². The van der Waals surface area contributed by atoms with Crippen molar-refractivity contribution in [1.82, 2.24) is 4.90 Å². The van der Waals surface area contributed by atoms with Gasteiger partial charge in [-0.25, -0.2) is 9.59 Å². The summed E-state index contributed by atoms with van der Waals surface area (Å²) in [5.41, 5.74) is 1.62. The second-order valence-corrected chi connectivity index (χ2v) is 5.78. The van der Waals surface area contributed by atoms with Gasteiger partial charge in [-0.05, 0) is 20.8 Å². The van der Waals surface area contributed by atoms with Crippen molar-refractivity contribution in [3.63, 3.8) is 0 Å². The van der Waals surface area contributed by atoms with Gasteiger partial charge < -0.3 is 14.4 Å². The average molecular weight is 297 g/mol. The van der Waals surface area contributed by atoms with Gasteiger partial charge in [0, 0.05) is 30.5 Å². The van der Waals surface area contributed by atoms with Crippen molar-refractivity contribution in [2.45, 2.75) is 33.3 Å². The highest BCUT2D eigenvalue weighted by molar-refractivity contribution is 8.03. The lowest BCUT2D eigenvalue weighted by Gasteiger charge is -2.14. The largest absolute Gasteiger partial charge is 0.463 e. The molecule has 0 spiro atoms. The van der Waals surface area contributed by atoms with E-state index in [0.29, 0.717) is 18.8 Å². The molecule has 0 unspecified atom stereocenters. The highest BCUT2D eigenvalue weighted by atomic mass is 32.2. The molecule has 0 atom stereocenters. The minimum Gasteiger partial charge on any atom is -0.463 e. The zero-order chi connectivity index (χ0) is 14.7. The number of fused-ring (bicyclic) bond motifs is 1. The predicted molar refractivity (Wildman–Crippen MR) is 76.8 cm³/mol. The van der Waals surface area contributed by atoms with Gasteiger partial charge in [0.25, 0.3) is 0 Å². The summed E-state index contributed by atoms with van der Waals surface area (Å²) in [4.78, 5) is 25.5. The van der Waals surface area contributed by atoms with Crippen LogP contribution in [0, 0.1) is 0 Å². The third kappa shape index (κ3) is 3.17. The summed E-state index contributed by atoms with van der Waals surface area (Å²) in [6, 6.07) is 0. The molecule has 0 aromatic carbocycles. The molecule has 2 aliphatic heterocycles. The average Bonchev–Trinajstić information content (AvgIpc) is 2.91. The molecule has 0 aromatic rings. The SMILES string of the molecule is CCOC(=O)C=C1CSC2=C(C(=O)OC(C)C)CCN12. The molecule has 0 saturated carbocycles. The van der Waals surface area contributed by atoms with E-state index in [0.717, 1.165) is 22.8 Å². The zero-order valence-corrected chi connectivity index (χ0v) is 12.8. The standard InChI is InChI=1S/C14H19NO4S/c1-4-18-12(16)7-10-8-20-13-11(5-6-15(10)13)14(17)19-9(2)3/h7,9H,4-6,8H2,1-3H3. The van der Waals surface area contributed by atoms with Gasteiger partial charge in [0.2, 0.25) is 0 Å². The molecule has 5 nitrogen and oxygen atoms in total. The Morgan fingerprint density at radius 3 is 2.85 bits per heavy atom. The second-order valence-electron chi connectivity index (χ2n) is 4.82. The second kappa shape index (κ2) is 6.35. The topological polar surface area (TPSA) is 55.8 Å². The molecular formula is C14H19NO4S. The van der Waals surface area contributed by atoms with E-state index < -0.39 is 0 Å². The minimum absolute atomic E-state index is 0.120. The van der Waals surface area contributed by atoms with Gasteiger partial charge in [0.05, 0.1) is 23.3 Å². The number of carbonyl (C=O) groups excluding carboxylic acids is 2. The summed E-state index contributed by atoms with van der Waals surface area (Å²) in [6.07, 6.45) is 2.06. The van der Waals surface area contributed by atoms with Crippen molar-refractivity contribution in [1.29, 1.82) is 0 Å². The van der Waals surface area contributed by atoms with Gasteiger partial charge in [-0.1, -0.05) is 0 Å². The molecule has 110 valence electrons. The number of nitrogens with zero attached hydrogens (tertiary/aromatic N) is 1. The van der Waals surface area contributed by atoms with Crippen molar-refractivity contribution in [3.05, 3.63) is 22.4 Å². The van der Waals surface area contributed by atoms with E-state index in [4.69, 9.17) is 9.47 Å². The molecule has 20 heavy (non-hydrogen) atoms. The summed E-state index contributed by atoms with van der Waals surface area (Å²) in [7, 11) is 0. The fourth-order valence-corrected chi connectivity index (χ4v) is 3.42. The Balaban J connectivity index is 2.12. The Morgan fingerprint density at radius 1 is 1.45 bits per heavy atom. The number of ether oxygens (including phenoxy) is 2. The molecule has 2 rings (SSSR count). The summed E-state index contributed by atoms with van der Waals surface area (Å²) >= 11 is 1.57. The first-order valence-electron chi connectivity index (χ1n) is 6.74. The molecule has 0 radical (unpaired) electrons. The van der Waals surface area contributed by atoms with E-state index >= 15 is 0 Å². The molecule has 1 fully saturated rings. The van der Waals surface area contributed by atoms with Crippen LogP contribution in [0.2, 0.25) is 0 Å². The Hall–Kier alpha value is -1.43. The van der Waals surface area contributed by atoms with E-state index in [1.165, 1.54) is 6.08 Å². The summed E-state index contributed by atoms with van der Waals surface area (Å²) in [5.74, 6) is 0.108. The van der Waals surface area contributed by atoms with Crippen molar-refractivity contribution in [3.8, 4) is 0 Å². The lowest BCUT2D eigenvalue weighted by molar-refractivity contribution is -0.142. The number of esters is 2. The van der Waals surface area contributed by atoms with Crippen LogP contribution in [0.4, 0.5) is 0 Å². The number of carbonyl (C=O) groups is 2. The Morgan fingerprint density at radius 2 is 2.20 bits per heavy atom. The molecule has 0 bridgehead atoms. The van der Waals surface area contributed by atoms with Crippen LogP contribution in [0.25, 0.3) is 0 Å². The van der Waals surface area contributed by atoms with Gasteiger partial charge >= 0.3 is 11.9 Å². The molecule has 2 aliphatic rings. The van der Waals surface area contributed by atoms with E-state index in [1.54, 1.807) is 18.7 Å². The number of hydrogen-bond donors (Lipinski definition) is 0. The summed E-state index contributed by atoms with van der Waals surface area (Å²) < 4.78 is 10.2. The van der Waals surface area contributed by atoms with E-state index in [9.17, 15) is 9.59 Å². The lowest BCUT2D eigenvalue weighted by Crippen LogP contribution is -2.15. The zero-order valence-electron chi connectivity index (χ0n) is 12.0. The van der Waals surface area contributed by atoms with Crippen LogP contribution in [0.3, 0.4) is 0 Å². The normalized spacial score (nSPS) is 19.8. The van der Waals surface area contributed by atoms with Crippen LogP contribution in [-0.2, 0) is 19.1 Å². The quantitative estimate of drug-likeness (QED) is 0.585. The van der Waals surface area contributed by atoms with Gasteiger partial charge in [0.1, 0.15) is 0 Å². The Bertz CT molecular complexity index is 482. The third-order valence-electron chi connectivity index (χ3n) is 2.95. The van der Waals surface area contributed by atoms with Crippen molar-refractivity contribution in [2.24, 2.45) is 0 Å². The molecule has 2 heterocycles. The van der Waals surface area contributed by atoms with Crippen LogP contribution < -0.4 is 0 Å². The molecule has 0 amide bonds. The summed E-state index contributed by atoms with van der Waals surface area (Å²) in [6.45, 7) is 6.54.